The standard InChI is InChI=1S/C57H35N5/c1-4-16-36(17-5-1)37-30-32-39(33-31-37)56-58-55(38-18-6-2-7-19-38)59-57(60-56)62-48-27-13-12-24-47(48)51-44(26-15-28-49(51)62)46-35-34-45-42-23-11-10-22-41(42)43-25-14-29-50-52(43)53(45)54(46)61(50)40-20-8-3-9-21-40/h1-35H. The summed E-state index contributed by atoms with van der Waals surface area (Å²) in [5, 5.41) is 9.92. The van der Waals surface area contributed by atoms with E-state index in [0.717, 1.165) is 49.7 Å². The Morgan fingerprint density at radius 2 is 0.774 bits per heavy atom. The Hall–Kier alpha value is -8.41. The molecule has 0 spiro atoms. The number of rotatable bonds is 6. The van der Waals surface area contributed by atoms with Crippen molar-refractivity contribution in [3.8, 4) is 56.7 Å². The second-order valence-corrected chi connectivity index (χ2v) is 15.9. The summed E-state index contributed by atoms with van der Waals surface area (Å²) in [6.07, 6.45) is 0. The van der Waals surface area contributed by atoms with Crippen molar-refractivity contribution < 1.29 is 0 Å². The third kappa shape index (κ3) is 5.12. The Morgan fingerprint density at radius 1 is 0.274 bits per heavy atom. The van der Waals surface area contributed by atoms with Gasteiger partial charge in [-0.3, -0.25) is 4.57 Å². The van der Waals surface area contributed by atoms with Gasteiger partial charge >= 0.3 is 0 Å². The van der Waals surface area contributed by atoms with Gasteiger partial charge in [0.05, 0.1) is 22.1 Å². The molecule has 0 aliphatic carbocycles. The molecule has 0 fully saturated rings. The summed E-state index contributed by atoms with van der Waals surface area (Å²) >= 11 is 0. The number of aromatic nitrogens is 5. The zero-order valence-electron chi connectivity index (χ0n) is 33.4. The summed E-state index contributed by atoms with van der Waals surface area (Å²) in [6, 6.07) is 75.5. The summed E-state index contributed by atoms with van der Waals surface area (Å²) in [4.78, 5) is 15.7. The van der Waals surface area contributed by atoms with E-state index in [1.165, 1.54) is 54.5 Å². The van der Waals surface area contributed by atoms with E-state index in [0.29, 0.717) is 17.6 Å². The van der Waals surface area contributed by atoms with Crippen LogP contribution in [0.4, 0.5) is 0 Å². The number of benzene rings is 10. The van der Waals surface area contributed by atoms with Gasteiger partial charge in [-0.15, -0.1) is 0 Å². The number of nitrogens with zero attached hydrogens (tertiary/aromatic N) is 5. The van der Waals surface area contributed by atoms with Crippen molar-refractivity contribution in [2.45, 2.75) is 0 Å². The normalized spacial score (nSPS) is 11.9. The summed E-state index contributed by atoms with van der Waals surface area (Å²) in [5.41, 5.74) is 12.1. The molecule has 0 unspecified atom stereocenters. The molecule has 0 aliphatic rings. The highest BCUT2D eigenvalue weighted by Crippen LogP contribution is 2.48. The van der Waals surface area contributed by atoms with Gasteiger partial charge in [-0.05, 0) is 68.6 Å². The predicted octanol–water partition coefficient (Wildman–Crippen LogP) is 14.5. The number of hydrogen-bond acceptors (Lipinski definition) is 3. The van der Waals surface area contributed by atoms with Gasteiger partial charge in [0.2, 0.25) is 5.95 Å². The van der Waals surface area contributed by atoms with E-state index in [4.69, 9.17) is 15.0 Å². The van der Waals surface area contributed by atoms with Gasteiger partial charge in [-0.25, -0.2) is 4.98 Å². The van der Waals surface area contributed by atoms with Crippen LogP contribution in [0.15, 0.2) is 212 Å². The van der Waals surface area contributed by atoms with Gasteiger partial charge in [0.15, 0.2) is 11.6 Å². The highest BCUT2D eigenvalue weighted by Gasteiger charge is 2.25. The predicted molar refractivity (Wildman–Crippen MR) is 256 cm³/mol. The molecule has 3 aromatic heterocycles. The minimum Gasteiger partial charge on any atom is -0.309 e. The van der Waals surface area contributed by atoms with Crippen molar-refractivity contribution >= 4 is 65.2 Å². The van der Waals surface area contributed by atoms with Gasteiger partial charge in [-0.1, -0.05) is 182 Å². The molecule has 0 N–H and O–H groups in total. The van der Waals surface area contributed by atoms with Crippen LogP contribution in [-0.2, 0) is 0 Å². The first-order valence-electron chi connectivity index (χ1n) is 21.0. The fourth-order valence-electron chi connectivity index (χ4n) is 9.86. The smallest absolute Gasteiger partial charge is 0.238 e. The molecule has 10 aromatic carbocycles. The van der Waals surface area contributed by atoms with Crippen LogP contribution in [0.2, 0.25) is 0 Å². The van der Waals surface area contributed by atoms with Crippen LogP contribution in [-0.4, -0.2) is 24.1 Å². The van der Waals surface area contributed by atoms with Gasteiger partial charge in [-0.2, -0.15) is 9.97 Å². The average Bonchev–Trinajstić information content (AvgIpc) is 3.89. The molecular weight excluding hydrogens is 755 g/mol. The minimum absolute atomic E-state index is 0.568. The molecule has 5 heteroatoms. The van der Waals surface area contributed by atoms with Crippen LogP contribution in [0.25, 0.3) is 122 Å². The van der Waals surface area contributed by atoms with Crippen molar-refractivity contribution in [3.63, 3.8) is 0 Å². The van der Waals surface area contributed by atoms with E-state index >= 15 is 0 Å². The Balaban J connectivity index is 1.09. The van der Waals surface area contributed by atoms with Crippen LogP contribution in [0, 0.1) is 0 Å². The molecule has 0 saturated heterocycles. The molecular formula is C57H35N5. The van der Waals surface area contributed by atoms with Gasteiger partial charge in [0, 0.05) is 43.9 Å². The van der Waals surface area contributed by atoms with E-state index in [1.54, 1.807) is 0 Å². The molecule has 62 heavy (non-hydrogen) atoms. The Labute approximate surface area is 356 Å². The summed E-state index contributed by atoms with van der Waals surface area (Å²) in [6.45, 7) is 0. The molecule has 0 atom stereocenters. The molecule has 288 valence electrons. The van der Waals surface area contributed by atoms with Crippen molar-refractivity contribution in [1.82, 2.24) is 24.1 Å². The second-order valence-electron chi connectivity index (χ2n) is 15.9. The maximum atomic E-state index is 5.30. The van der Waals surface area contributed by atoms with Gasteiger partial charge in [0.1, 0.15) is 0 Å². The molecule has 0 bridgehead atoms. The van der Waals surface area contributed by atoms with E-state index in [1.807, 2.05) is 24.3 Å². The van der Waals surface area contributed by atoms with Crippen LogP contribution < -0.4 is 0 Å². The Morgan fingerprint density at radius 3 is 1.48 bits per heavy atom. The maximum absolute atomic E-state index is 5.30. The van der Waals surface area contributed by atoms with Crippen LogP contribution in [0.3, 0.4) is 0 Å². The molecule has 0 amide bonds. The van der Waals surface area contributed by atoms with Crippen molar-refractivity contribution in [3.05, 3.63) is 212 Å². The van der Waals surface area contributed by atoms with Crippen molar-refractivity contribution in [2.24, 2.45) is 0 Å². The second kappa shape index (κ2) is 13.6. The Kier molecular flexibility index (Phi) is 7.54. The van der Waals surface area contributed by atoms with Gasteiger partial charge < -0.3 is 4.57 Å². The van der Waals surface area contributed by atoms with E-state index in [-0.39, 0.29) is 0 Å². The fourth-order valence-corrected chi connectivity index (χ4v) is 9.86. The molecule has 0 radical (unpaired) electrons. The van der Waals surface area contributed by atoms with Crippen molar-refractivity contribution in [2.75, 3.05) is 0 Å². The molecule has 13 aromatic rings. The van der Waals surface area contributed by atoms with E-state index < -0.39 is 0 Å². The first kappa shape index (κ1) is 34.5. The third-order valence-electron chi connectivity index (χ3n) is 12.6. The number of hydrogen-bond donors (Lipinski definition) is 0. The first-order chi connectivity index (χ1) is 30.8. The number of para-hydroxylation sites is 2. The monoisotopic (exact) mass is 789 g/mol. The van der Waals surface area contributed by atoms with Crippen LogP contribution in [0.5, 0.6) is 0 Å². The lowest BCUT2D eigenvalue weighted by atomic mass is 9.91. The SMILES string of the molecule is c1ccc(-c2ccc(-c3nc(-c4ccccc4)nc(-n4c5ccccc5c5c(-c6ccc7c8ccccc8c8cccc9c8c7c6n9-c6ccccc6)cccc54)n3)cc2)cc1. The highest BCUT2D eigenvalue weighted by molar-refractivity contribution is 6.36. The lowest BCUT2D eigenvalue weighted by molar-refractivity contribution is 0.953. The summed E-state index contributed by atoms with van der Waals surface area (Å²) < 4.78 is 4.70. The van der Waals surface area contributed by atoms with E-state index in [2.05, 4.69) is 197 Å². The minimum atomic E-state index is 0.568. The van der Waals surface area contributed by atoms with Crippen LogP contribution in [0.1, 0.15) is 0 Å². The largest absolute Gasteiger partial charge is 0.309 e. The highest BCUT2D eigenvalue weighted by atomic mass is 15.2. The topological polar surface area (TPSA) is 48.5 Å². The fraction of sp³-hybridized carbons (Fsp3) is 0. The quantitative estimate of drug-likeness (QED) is 0.158. The maximum Gasteiger partial charge on any atom is 0.238 e. The average molecular weight is 790 g/mol. The molecule has 5 nitrogen and oxygen atoms in total. The summed E-state index contributed by atoms with van der Waals surface area (Å²) in [5.74, 6) is 1.81. The molecule has 3 heterocycles. The molecule has 0 saturated carbocycles. The molecule has 13 rings (SSSR count). The van der Waals surface area contributed by atoms with Crippen molar-refractivity contribution in [1.29, 1.82) is 0 Å². The van der Waals surface area contributed by atoms with Gasteiger partial charge in [0.25, 0.3) is 0 Å². The lowest BCUT2D eigenvalue weighted by Gasteiger charge is -2.14. The first-order valence-corrected chi connectivity index (χ1v) is 21.0. The number of fused-ring (bicyclic) bond motifs is 6. The molecule has 0 aliphatic heterocycles. The summed E-state index contributed by atoms with van der Waals surface area (Å²) in [7, 11) is 0. The van der Waals surface area contributed by atoms with E-state index in [9.17, 15) is 0 Å². The lowest BCUT2D eigenvalue weighted by Crippen LogP contribution is -2.06. The zero-order chi connectivity index (χ0) is 40.7. The van der Waals surface area contributed by atoms with Crippen LogP contribution >= 0.6 is 0 Å². The zero-order valence-corrected chi connectivity index (χ0v) is 33.4. The Bertz CT molecular complexity index is 3830. The third-order valence-corrected chi connectivity index (χ3v) is 12.6.